The summed E-state index contributed by atoms with van der Waals surface area (Å²) in [5.74, 6) is 0.779. The Morgan fingerprint density at radius 1 is 1.18 bits per heavy atom. The number of aryl methyl sites for hydroxylation is 1. The SMILES string of the molecule is CCCc1nnc2n1N[C@@H](c1ccc(Cl)cc1)[C@H](C(=O)Nc1ccccc1)S2. The van der Waals surface area contributed by atoms with Gasteiger partial charge in [0.1, 0.15) is 5.25 Å². The Labute approximate surface area is 172 Å². The van der Waals surface area contributed by atoms with Gasteiger partial charge >= 0.3 is 0 Å². The van der Waals surface area contributed by atoms with E-state index in [4.69, 9.17) is 11.6 Å². The number of anilines is 1. The molecule has 0 unspecified atom stereocenters. The molecule has 144 valence electrons. The Hall–Kier alpha value is -2.51. The van der Waals surface area contributed by atoms with Crippen molar-refractivity contribution in [3.63, 3.8) is 0 Å². The fourth-order valence-corrected chi connectivity index (χ4v) is 4.36. The molecule has 0 bridgehead atoms. The molecule has 0 saturated carbocycles. The zero-order valence-electron chi connectivity index (χ0n) is 15.3. The summed E-state index contributed by atoms with van der Waals surface area (Å²) in [6, 6.07) is 16.8. The number of hydrogen-bond donors (Lipinski definition) is 2. The van der Waals surface area contributed by atoms with Crippen LogP contribution in [0.25, 0.3) is 0 Å². The van der Waals surface area contributed by atoms with Crippen molar-refractivity contribution in [2.24, 2.45) is 0 Å². The number of carbonyl (C=O) groups excluding carboxylic acids is 1. The number of hydrogen-bond acceptors (Lipinski definition) is 5. The second-order valence-corrected chi connectivity index (χ2v) is 8.08. The molecule has 0 spiro atoms. The first-order valence-electron chi connectivity index (χ1n) is 9.14. The third-order valence-corrected chi connectivity index (χ3v) is 5.97. The largest absolute Gasteiger partial charge is 0.325 e. The predicted molar refractivity (Wildman–Crippen MR) is 112 cm³/mol. The van der Waals surface area contributed by atoms with Crippen molar-refractivity contribution >= 4 is 35.0 Å². The summed E-state index contributed by atoms with van der Waals surface area (Å²) in [5, 5.41) is 12.5. The number of amides is 1. The van der Waals surface area contributed by atoms with Crippen molar-refractivity contribution in [2.45, 2.75) is 36.2 Å². The van der Waals surface area contributed by atoms with Gasteiger partial charge in [0.2, 0.25) is 11.1 Å². The molecule has 0 fully saturated rings. The average molecular weight is 414 g/mol. The molecule has 28 heavy (non-hydrogen) atoms. The van der Waals surface area contributed by atoms with Crippen LogP contribution in [0, 0.1) is 0 Å². The van der Waals surface area contributed by atoms with E-state index in [0.717, 1.165) is 29.9 Å². The van der Waals surface area contributed by atoms with Gasteiger partial charge in [0.05, 0.1) is 6.04 Å². The summed E-state index contributed by atoms with van der Waals surface area (Å²) in [6.07, 6.45) is 1.78. The molecule has 2 N–H and O–H groups in total. The van der Waals surface area contributed by atoms with Crippen molar-refractivity contribution in [2.75, 3.05) is 10.7 Å². The standard InChI is InChI=1S/C20H20ClN5OS/c1-2-6-16-23-24-20-26(16)25-17(13-9-11-14(21)12-10-13)18(28-20)19(27)22-15-7-4-3-5-8-15/h3-5,7-12,17-18,25H,2,6H2,1H3,(H,22,27)/t17-,18+/m0/s1. The summed E-state index contributed by atoms with van der Waals surface area (Å²) in [5.41, 5.74) is 5.19. The molecular formula is C20H20ClN5OS. The first-order valence-corrected chi connectivity index (χ1v) is 10.4. The topological polar surface area (TPSA) is 71.8 Å². The van der Waals surface area contributed by atoms with Gasteiger partial charge in [-0.2, -0.15) is 0 Å². The molecule has 0 saturated heterocycles. The number of benzene rings is 2. The molecular weight excluding hydrogens is 394 g/mol. The van der Waals surface area contributed by atoms with Crippen LogP contribution in [0.3, 0.4) is 0 Å². The van der Waals surface area contributed by atoms with E-state index in [9.17, 15) is 4.79 Å². The van der Waals surface area contributed by atoms with Crippen molar-refractivity contribution in [1.82, 2.24) is 14.9 Å². The number of aromatic nitrogens is 3. The molecule has 6 nitrogen and oxygen atoms in total. The fraction of sp³-hybridized carbons (Fsp3) is 0.250. The van der Waals surface area contributed by atoms with Crippen LogP contribution in [0.15, 0.2) is 59.8 Å². The van der Waals surface area contributed by atoms with Crippen molar-refractivity contribution in [3.8, 4) is 0 Å². The van der Waals surface area contributed by atoms with Crippen LogP contribution in [-0.4, -0.2) is 26.0 Å². The lowest BCUT2D eigenvalue weighted by molar-refractivity contribution is -0.116. The molecule has 0 aliphatic carbocycles. The number of para-hydroxylation sites is 1. The normalized spacial score (nSPS) is 18.2. The van der Waals surface area contributed by atoms with Crippen LogP contribution in [0.4, 0.5) is 5.69 Å². The first kappa shape index (κ1) is 18.8. The van der Waals surface area contributed by atoms with E-state index in [0.29, 0.717) is 10.2 Å². The number of thioether (sulfide) groups is 1. The minimum atomic E-state index is -0.410. The van der Waals surface area contributed by atoms with E-state index >= 15 is 0 Å². The van der Waals surface area contributed by atoms with E-state index in [1.807, 2.05) is 59.3 Å². The van der Waals surface area contributed by atoms with Gasteiger partial charge in [-0.25, -0.2) is 4.68 Å². The zero-order valence-corrected chi connectivity index (χ0v) is 16.9. The molecule has 8 heteroatoms. The second kappa shape index (κ2) is 8.24. The number of nitrogens with one attached hydrogen (secondary N) is 2. The number of fused-ring (bicyclic) bond motifs is 1. The van der Waals surface area contributed by atoms with E-state index in [1.165, 1.54) is 11.8 Å². The summed E-state index contributed by atoms with van der Waals surface area (Å²) >= 11 is 7.48. The third-order valence-electron chi connectivity index (χ3n) is 4.51. The highest BCUT2D eigenvalue weighted by molar-refractivity contribution is 8.00. The van der Waals surface area contributed by atoms with Gasteiger partial charge in [0, 0.05) is 17.1 Å². The van der Waals surface area contributed by atoms with Crippen LogP contribution < -0.4 is 10.7 Å². The molecule has 4 rings (SSSR count). The summed E-state index contributed by atoms with van der Waals surface area (Å²) in [6.45, 7) is 2.10. The minimum Gasteiger partial charge on any atom is -0.325 e. The van der Waals surface area contributed by atoms with Crippen LogP contribution in [0.2, 0.25) is 5.02 Å². The average Bonchev–Trinajstić information content (AvgIpc) is 3.11. The second-order valence-electron chi connectivity index (χ2n) is 6.54. The maximum absolute atomic E-state index is 13.1. The summed E-state index contributed by atoms with van der Waals surface area (Å²) < 4.78 is 1.90. The van der Waals surface area contributed by atoms with E-state index in [-0.39, 0.29) is 11.9 Å². The number of rotatable bonds is 5. The van der Waals surface area contributed by atoms with Crippen molar-refractivity contribution < 1.29 is 4.79 Å². The molecule has 1 amide bonds. The van der Waals surface area contributed by atoms with Gasteiger partial charge in [-0.15, -0.1) is 10.2 Å². The zero-order chi connectivity index (χ0) is 19.5. The molecule has 1 aromatic heterocycles. The van der Waals surface area contributed by atoms with Gasteiger partial charge in [-0.3, -0.25) is 4.79 Å². The van der Waals surface area contributed by atoms with Gasteiger partial charge in [0.25, 0.3) is 0 Å². The lowest BCUT2D eigenvalue weighted by atomic mass is 10.0. The van der Waals surface area contributed by atoms with Crippen molar-refractivity contribution in [1.29, 1.82) is 0 Å². The Morgan fingerprint density at radius 3 is 2.64 bits per heavy atom. The van der Waals surface area contributed by atoms with Crippen LogP contribution >= 0.6 is 23.4 Å². The van der Waals surface area contributed by atoms with Crippen LogP contribution in [0.1, 0.15) is 30.8 Å². The maximum atomic E-state index is 13.1. The maximum Gasteiger partial charge on any atom is 0.240 e. The van der Waals surface area contributed by atoms with E-state index in [1.54, 1.807) is 0 Å². The summed E-state index contributed by atoms with van der Waals surface area (Å²) in [7, 11) is 0. The van der Waals surface area contributed by atoms with Crippen LogP contribution in [-0.2, 0) is 11.2 Å². The Kier molecular flexibility index (Phi) is 5.54. The quantitative estimate of drug-likeness (QED) is 0.653. The van der Waals surface area contributed by atoms with Gasteiger partial charge in [-0.1, -0.05) is 60.6 Å². The Bertz CT molecular complexity index is 960. The van der Waals surface area contributed by atoms with Crippen LogP contribution in [0.5, 0.6) is 0 Å². The third kappa shape index (κ3) is 3.86. The van der Waals surface area contributed by atoms with Gasteiger partial charge < -0.3 is 10.7 Å². The van der Waals surface area contributed by atoms with E-state index < -0.39 is 5.25 Å². The van der Waals surface area contributed by atoms with Gasteiger partial charge in [-0.05, 0) is 36.2 Å². The highest BCUT2D eigenvalue weighted by Gasteiger charge is 2.37. The number of carbonyl (C=O) groups is 1. The summed E-state index contributed by atoms with van der Waals surface area (Å²) in [4.78, 5) is 13.1. The first-order chi connectivity index (χ1) is 13.7. The molecule has 3 aromatic rings. The number of halogens is 1. The number of nitrogens with zero attached hydrogens (tertiary/aromatic N) is 3. The lowest BCUT2D eigenvalue weighted by Crippen LogP contribution is -2.41. The minimum absolute atomic E-state index is 0.0880. The Morgan fingerprint density at radius 2 is 1.93 bits per heavy atom. The molecule has 1 aliphatic rings. The molecule has 2 aromatic carbocycles. The molecule has 1 aliphatic heterocycles. The smallest absolute Gasteiger partial charge is 0.240 e. The predicted octanol–water partition coefficient (Wildman–Crippen LogP) is 4.28. The molecule has 2 atom stereocenters. The Balaban J connectivity index is 1.66. The highest BCUT2D eigenvalue weighted by Crippen LogP contribution is 2.38. The molecule has 2 heterocycles. The fourth-order valence-electron chi connectivity index (χ4n) is 3.14. The highest BCUT2D eigenvalue weighted by atomic mass is 35.5. The monoisotopic (exact) mass is 413 g/mol. The van der Waals surface area contributed by atoms with Gasteiger partial charge in [0.15, 0.2) is 5.82 Å². The molecule has 0 radical (unpaired) electrons. The van der Waals surface area contributed by atoms with E-state index in [2.05, 4.69) is 27.9 Å². The lowest BCUT2D eigenvalue weighted by Gasteiger charge is -2.33. The van der Waals surface area contributed by atoms with Crippen molar-refractivity contribution in [3.05, 3.63) is 71.0 Å².